The third kappa shape index (κ3) is 1.97. The van der Waals surface area contributed by atoms with Crippen molar-refractivity contribution in [2.45, 2.75) is 0 Å². The minimum Gasteiger partial charge on any atom is -0.493 e. The molecular weight excluding hydrogens is 225 g/mol. The molecule has 2 N–H and O–H groups in total. The minimum atomic E-state index is -0.875. The highest BCUT2D eigenvalue weighted by Crippen LogP contribution is 2.33. The van der Waals surface area contributed by atoms with Gasteiger partial charge in [0.1, 0.15) is 10.6 Å². The molecule has 0 aliphatic rings. The SMILES string of the molecule is COC(=O)c1cc(N)c(Cl)c(F)c1OC. The van der Waals surface area contributed by atoms with Crippen LogP contribution in [0, 0.1) is 5.82 Å². The topological polar surface area (TPSA) is 61.5 Å². The predicted molar refractivity (Wildman–Crippen MR) is 53.7 cm³/mol. The second-order valence-electron chi connectivity index (χ2n) is 2.67. The Morgan fingerprint density at radius 1 is 1.53 bits per heavy atom. The molecule has 15 heavy (non-hydrogen) atoms. The molecule has 0 saturated carbocycles. The van der Waals surface area contributed by atoms with Crippen molar-refractivity contribution in [2.24, 2.45) is 0 Å². The van der Waals surface area contributed by atoms with Gasteiger partial charge in [0.2, 0.25) is 0 Å². The van der Waals surface area contributed by atoms with Crippen LogP contribution in [0.3, 0.4) is 0 Å². The van der Waals surface area contributed by atoms with Crippen LogP contribution in [0.4, 0.5) is 10.1 Å². The molecule has 1 aromatic rings. The molecule has 82 valence electrons. The van der Waals surface area contributed by atoms with Crippen molar-refractivity contribution >= 4 is 23.3 Å². The van der Waals surface area contributed by atoms with Gasteiger partial charge in [-0.15, -0.1) is 0 Å². The lowest BCUT2D eigenvalue weighted by Crippen LogP contribution is -2.07. The van der Waals surface area contributed by atoms with Gasteiger partial charge >= 0.3 is 5.97 Å². The first-order valence-electron chi connectivity index (χ1n) is 3.92. The maximum absolute atomic E-state index is 13.5. The van der Waals surface area contributed by atoms with Gasteiger partial charge in [0.05, 0.1) is 19.9 Å². The van der Waals surface area contributed by atoms with Crippen LogP contribution in [0.25, 0.3) is 0 Å². The van der Waals surface area contributed by atoms with E-state index in [0.717, 1.165) is 0 Å². The highest BCUT2D eigenvalue weighted by molar-refractivity contribution is 6.33. The molecule has 0 spiro atoms. The summed E-state index contributed by atoms with van der Waals surface area (Å²) in [5.74, 6) is -1.89. The summed E-state index contributed by atoms with van der Waals surface area (Å²) in [5, 5.41) is -0.278. The number of nitrogens with two attached hydrogens (primary N) is 1. The van der Waals surface area contributed by atoms with Crippen LogP contribution in [0.1, 0.15) is 10.4 Å². The molecule has 0 radical (unpaired) electrons. The Morgan fingerprint density at radius 3 is 2.60 bits per heavy atom. The van der Waals surface area contributed by atoms with Crippen molar-refractivity contribution in [1.29, 1.82) is 0 Å². The monoisotopic (exact) mass is 233 g/mol. The van der Waals surface area contributed by atoms with Crippen molar-refractivity contribution in [3.8, 4) is 5.75 Å². The molecular formula is C9H9ClFNO3. The highest BCUT2D eigenvalue weighted by atomic mass is 35.5. The van der Waals surface area contributed by atoms with E-state index in [1.807, 2.05) is 0 Å². The fourth-order valence-corrected chi connectivity index (χ4v) is 1.23. The van der Waals surface area contributed by atoms with Crippen molar-refractivity contribution in [2.75, 3.05) is 20.0 Å². The van der Waals surface area contributed by atoms with Gasteiger partial charge in [-0.05, 0) is 6.07 Å². The van der Waals surface area contributed by atoms with E-state index in [0.29, 0.717) is 0 Å². The second kappa shape index (κ2) is 4.35. The van der Waals surface area contributed by atoms with Crippen LogP contribution in [-0.2, 0) is 4.74 Å². The minimum absolute atomic E-state index is 0.0460. The first kappa shape index (κ1) is 11.6. The number of carbonyl (C=O) groups is 1. The van der Waals surface area contributed by atoms with Crippen LogP contribution in [-0.4, -0.2) is 20.2 Å². The average molecular weight is 234 g/mol. The molecule has 0 saturated heterocycles. The van der Waals surface area contributed by atoms with Crippen LogP contribution in [0.2, 0.25) is 5.02 Å². The van der Waals surface area contributed by atoms with Crippen LogP contribution in [0.15, 0.2) is 6.07 Å². The van der Waals surface area contributed by atoms with Gasteiger partial charge in [-0.3, -0.25) is 0 Å². The number of nitrogen functional groups attached to an aromatic ring is 1. The van der Waals surface area contributed by atoms with Gasteiger partial charge < -0.3 is 15.2 Å². The average Bonchev–Trinajstić information content (AvgIpc) is 2.24. The standard InChI is InChI=1S/C9H9ClFNO3/c1-14-8-4(9(13)15-2)3-5(12)6(10)7(8)11/h3H,12H2,1-2H3. The summed E-state index contributed by atoms with van der Waals surface area (Å²) in [6.45, 7) is 0. The number of carbonyl (C=O) groups excluding carboxylic acids is 1. The van der Waals surface area contributed by atoms with E-state index in [1.54, 1.807) is 0 Å². The van der Waals surface area contributed by atoms with Crippen LogP contribution >= 0.6 is 11.6 Å². The molecule has 4 nitrogen and oxygen atoms in total. The Morgan fingerprint density at radius 2 is 2.13 bits per heavy atom. The van der Waals surface area contributed by atoms with E-state index in [4.69, 9.17) is 22.1 Å². The predicted octanol–water partition coefficient (Wildman–Crippen LogP) is 1.86. The zero-order chi connectivity index (χ0) is 11.6. The van der Waals surface area contributed by atoms with E-state index < -0.39 is 11.8 Å². The molecule has 0 atom stereocenters. The van der Waals surface area contributed by atoms with Crippen molar-refractivity contribution in [1.82, 2.24) is 0 Å². The summed E-state index contributed by atoms with van der Waals surface area (Å²) >= 11 is 5.55. The molecule has 1 aromatic carbocycles. The van der Waals surface area contributed by atoms with E-state index in [2.05, 4.69) is 4.74 Å². The number of methoxy groups -OCH3 is 2. The summed E-state index contributed by atoms with van der Waals surface area (Å²) < 4.78 is 22.6. The van der Waals surface area contributed by atoms with E-state index in [1.165, 1.54) is 20.3 Å². The lowest BCUT2D eigenvalue weighted by Gasteiger charge is -2.10. The van der Waals surface area contributed by atoms with Crippen molar-refractivity contribution in [3.63, 3.8) is 0 Å². The van der Waals surface area contributed by atoms with E-state index in [-0.39, 0.29) is 22.0 Å². The van der Waals surface area contributed by atoms with Gasteiger partial charge in [0.25, 0.3) is 0 Å². The summed E-state index contributed by atoms with van der Waals surface area (Å²) in [5.41, 5.74) is 5.26. The Kier molecular flexibility index (Phi) is 3.36. The zero-order valence-electron chi connectivity index (χ0n) is 8.14. The summed E-state index contributed by atoms with van der Waals surface area (Å²) in [6.07, 6.45) is 0. The van der Waals surface area contributed by atoms with E-state index in [9.17, 15) is 9.18 Å². The van der Waals surface area contributed by atoms with Gasteiger partial charge in [0, 0.05) is 0 Å². The third-order valence-electron chi connectivity index (χ3n) is 1.80. The maximum atomic E-state index is 13.5. The summed E-state index contributed by atoms with van der Waals surface area (Å²) in [6, 6.07) is 1.20. The molecule has 0 heterocycles. The lowest BCUT2D eigenvalue weighted by atomic mass is 10.1. The molecule has 0 aliphatic heterocycles. The number of hydrogen-bond donors (Lipinski definition) is 1. The largest absolute Gasteiger partial charge is 0.493 e. The van der Waals surface area contributed by atoms with Crippen LogP contribution in [0.5, 0.6) is 5.75 Å². The molecule has 0 unspecified atom stereocenters. The Hall–Kier alpha value is -1.49. The molecule has 0 fully saturated rings. The zero-order valence-corrected chi connectivity index (χ0v) is 8.89. The van der Waals surface area contributed by atoms with Gasteiger partial charge in [-0.1, -0.05) is 11.6 Å². The van der Waals surface area contributed by atoms with Crippen molar-refractivity contribution in [3.05, 3.63) is 22.5 Å². The number of hydrogen-bond acceptors (Lipinski definition) is 4. The smallest absolute Gasteiger partial charge is 0.341 e. The normalized spacial score (nSPS) is 9.87. The Labute approximate surface area is 90.7 Å². The fraction of sp³-hybridized carbons (Fsp3) is 0.222. The first-order valence-corrected chi connectivity index (χ1v) is 4.30. The second-order valence-corrected chi connectivity index (χ2v) is 3.04. The number of halogens is 2. The van der Waals surface area contributed by atoms with Crippen molar-refractivity contribution < 1.29 is 18.7 Å². The van der Waals surface area contributed by atoms with Gasteiger partial charge in [-0.2, -0.15) is 0 Å². The molecule has 0 aliphatic carbocycles. The molecule has 0 amide bonds. The molecule has 0 bridgehead atoms. The van der Waals surface area contributed by atoms with Gasteiger partial charge in [0.15, 0.2) is 11.6 Å². The molecule has 0 aromatic heterocycles. The number of rotatable bonds is 2. The number of anilines is 1. The lowest BCUT2D eigenvalue weighted by molar-refractivity contribution is 0.0596. The Bertz CT molecular complexity index is 409. The third-order valence-corrected chi connectivity index (χ3v) is 2.18. The highest BCUT2D eigenvalue weighted by Gasteiger charge is 2.21. The van der Waals surface area contributed by atoms with Crippen LogP contribution < -0.4 is 10.5 Å². The molecule has 6 heteroatoms. The van der Waals surface area contributed by atoms with E-state index >= 15 is 0 Å². The number of benzene rings is 1. The Balaban J connectivity index is 3.45. The maximum Gasteiger partial charge on any atom is 0.341 e. The quantitative estimate of drug-likeness (QED) is 0.626. The van der Waals surface area contributed by atoms with Gasteiger partial charge in [-0.25, -0.2) is 9.18 Å². The number of ether oxygens (including phenoxy) is 2. The summed E-state index contributed by atoms with van der Waals surface area (Å²) in [4.78, 5) is 11.2. The first-order chi connectivity index (χ1) is 7.02. The molecule has 1 rings (SSSR count). The number of esters is 1. The summed E-state index contributed by atoms with van der Waals surface area (Å²) in [7, 11) is 2.39. The fourth-order valence-electron chi connectivity index (χ4n) is 1.09.